The third-order valence-corrected chi connectivity index (χ3v) is 152. The largest absolute Gasteiger partial charge is 0.0715 e. The maximum Gasteiger partial charge on any atom is 0.0379 e. The van der Waals surface area contributed by atoms with Gasteiger partial charge in [0.05, 0.1) is 0 Å². The Morgan fingerprint density at radius 1 is 0.480 bits per heavy atom. The van der Waals surface area contributed by atoms with Crippen molar-refractivity contribution in [2.45, 2.75) is 105 Å². The van der Waals surface area contributed by atoms with Crippen molar-refractivity contribution in [3.05, 3.63) is 0 Å². The zero-order valence-corrected chi connectivity index (χ0v) is 30.6. The van der Waals surface area contributed by atoms with Crippen LogP contribution in [0.3, 0.4) is 0 Å². The molecule has 0 fully saturated rings. The van der Waals surface area contributed by atoms with E-state index >= 15 is 0 Å². The van der Waals surface area contributed by atoms with Gasteiger partial charge in [-0.3, -0.25) is 0 Å². The van der Waals surface area contributed by atoms with Crippen LogP contribution in [0.2, 0.25) is 105 Å². The van der Waals surface area contributed by atoms with E-state index in [2.05, 4.69) is 120 Å². The van der Waals surface area contributed by atoms with Crippen molar-refractivity contribution >= 4 is 74.4 Å². The molecule has 0 amide bonds. The Labute approximate surface area is 178 Å². The normalized spacial score (nSPS) is 14.5. The number of hydrogen-bond acceptors (Lipinski definition) is 0. The molecule has 0 aliphatic heterocycles. The molecule has 0 aliphatic rings. The average molecular weight is 538 g/mol. The number of hydrogen-bond donors (Lipinski definition) is 0. The number of rotatable bonds is 6. The molecule has 0 aliphatic carbocycles. The topological polar surface area (TPSA) is 0 Å². The second kappa shape index (κ2) is 9.85. The van der Waals surface area contributed by atoms with Crippen LogP contribution < -0.4 is 0 Å². The Morgan fingerprint density at radius 3 is 0.880 bits per heavy atom. The van der Waals surface area contributed by atoms with Crippen molar-refractivity contribution < 1.29 is 0 Å². The fraction of sp³-hybridized carbons (Fsp3) is 1.00. The van der Waals surface area contributed by atoms with E-state index in [1.165, 1.54) is 0 Å². The molecule has 0 rings (SSSR count). The minimum atomic E-state index is -1.06. The third-order valence-electron chi connectivity index (χ3n) is 5.06. The van der Waals surface area contributed by atoms with Crippen molar-refractivity contribution in [2.24, 2.45) is 0 Å². The molecule has 0 bridgehead atoms. The first kappa shape index (κ1) is 29.5. The van der Waals surface area contributed by atoms with Crippen LogP contribution in [-0.4, -0.2) is 74.4 Å². The van der Waals surface area contributed by atoms with Gasteiger partial charge in [0.1, 0.15) is 0 Å². The molecule has 0 spiro atoms. The van der Waals surface area contributed by atoms with Gasteiger partial charge in [0.25, 0.3) is 0 Å². The quantitative estimate of drug-likeness (QED) is 0.369. The van der Waals surface area contributed by atoms with Gasteiger partial charge >= 0.3 is 151 Å². The van der Waals surface area contributed by atoms with Crippen molar-refractivity contribution in [2.75, 3.05) is 0 Å². The predicted octanol–water partition coefficient (Wildman–Crippen LogP) is 5.91. The van der Waals surface area contributed by atoms with Crippen LogP contribution >= 0.6 is 0 Å². The summed E-state index contributed by atoms with van der Waals surface area (Å²) in [5, 5.41) is 0. The Bertz CT molecular complexity index is 422. The monoisotopic (exact) mass is 538 g/mol. The zero-order chi connectivity index (χ0) is 21.2. The molecule has 9 heteroatoms. The van der Waals surface area contributed by atoms with Crippen LogP contribution in [0.4, 0.5) is 0 Å². The second-order valence-corrected chi connectivity index (χ2v) is 91.2. The SMILES string of the molecule is C[Si](C)(C)[Si]([Si](C)(C)C)[Si](C)(C)[Si](C)(C)[Si](=[Ge])[Si](C)(C)C.C[Si](C)C. The van der Waals surface area contributed by atoms with E-state index in [1.54, 1.807) is 0 Å². The van der Waals surface area contributed by atoms with Crippen LogP contribution in [-0.2, 0) is 0 Å². The molecule has 0 saturated carbocycles. The van der Waals surface area contributed by atoms with E-state index < -0.39 is 37.0 Å². The molecule has 0 heterocycles. The maximum atomic E-state index is 2.87. The molecule has 4 radical (unpaired) electrons. The molecule has 0 N–H and O–H groups in total. The Balaban J connectivity index is 0. The van der Waals surface area contributed by atoms with Crippen molar-refractivity contribution in [3.63, 3.8) is 0 Å². The minimum Gasteiger partial charge on any atom is -0.0715 e. The summed E-state index contributed by atoms with van der Waals surface area (Å²) >= 11 is 2.76. The van der Waals surface area contributed by atoms with Gasteiger partial charge in [-0.2, -0.15) is 0 Å². The van der Waals surface area contributed by atoms with Crippen molar-refractivity contribution in [1.29, 1.82) is 0 Å². The van der Waals surface area contributed by atoms with Crippen LogP contribution in [0, 0.1) is 0 Å². The summed E-state index contributed by atoms with van der Waals surface area (Å²) in [6.45, 7) is 42.5. The summed E-state index contributed by atoms with van der Waals surface area (Å²) in [6.07, 6.45) is 0. The van der Waals surface area contributed by atoms with Gasteiger partial charge in [-0.15, -0.1) is 0 Å². The Morgan fingerprint density at radius 2 is 0.720 bits per heavy atom. The standard InChI is InChI=1S/C13H39GeSi7.C3H9Si/c1-17(2,3)15(14)20(10,11)21(12,13)16(18(4,5)6)19(7,8)9;1-4(2)3/h1-13H3;1-3H3. The minimum absolute atomic E-state index is 0.0869. The first-order valence-corrected chi connectivity index (χ1v) is 41.4. The average Bonchev–Trinajstić information content (AvgIpc) is 2.20. The summed E-state index contributed by atoms with van der Waals surface area (Å²) in [6, 6.07) is 0. The van der Waals surface area contributed by atoms with E-state index in [0.29, 0.717) is 0 Å². The Kier molecular flexibility index (Phi) is 11.6. The van der Waals surface area contributed by atoms with Crippen LogP contribution in [0.1, 0.15) is 0 Å². The smallest absolute Gasteiger partial charge is 0.0379 e. The van der Waals surface area contributed by atoms with E-state index in [0.717, 1.165) is 0 Å². The van der Waals surface area contributed by atoms with Gasteiger partial charge in [0.2, 0.25) is 0 Å². The fourth-order valence-corrected chi connectivity index (χ4v) is 221. The molecule has 0 atom stereocenters. The van der Waals surface area contributed by atoms with E-state index in [9.17, 15) is 0 Å². The molecule has 0 aromatic carbocycles. The molecule has 0 nitrogen and oxygen atoms in total. The summed E-state index contributed by atoms with van der Waals surface area (Å²) < 4.78 is 0. The fourth-order valence-electron chi connectivity index (χ4n) is 4.56. The molecule has 25 heavy (non-hydrogen) atoms. The second-order valence-electron chi connectivity index (χ2n) is 12.2. The van der Waals surface area contributed by atoms with Gasteiger partial charge < -0.3 is 0 Å². The molecular formula is C16H48GeSi8. The van der Waals surface area contributed by atoms with Gasteiger partial charge in [-0.05, 0) is 0 Å². The zero-order valence-electron chi connectivity index (χ0n) is 20.5. The van der Waals surface area contributed by atoms with Crippen LogP contribution in [0.15, 0.2) is 0 Å². The van der Waals surface area contributed by atoms with Gasteiger partial charge in [-0.25, -0.2) is 0 Å². The molecule has 0 saturated heterocycles. The maximum absolute atomic E-state index is 2.87. The summed E-state index contributed by atoms with van der Waals surface area (Å²) in [4.78, 5) is 0. The molecule has 0 aromatic heterocycles. The first-order chi connectivity index (χ1) is 10.5. The molecule has 0 aromatic rings. The summed E-state index contributed by atoms with van der Waals surface area (Å²) in [5.74, 6) is -0.0926. The van der Waals surface area contributed by atoms with E-state index in [-0.39, 0.29) is 22.0 Å². The Hall–Kier alpha value is 2.28. The summed E-state index contributed by atoms with van der Waals surface area (Å²) in [5.41, 5.74) is 0. The first-order valence-electron chi connectivity index (χ1n) is 9.75. The summed E-state index contributed by atoms with van der Waals surface area (Å²) in [7, 11) is -4.95. The van der Waals surface area contributed by atoms with Crippen LogP contribution in [0.5, 0.6) is 0 Å². The third kappa shape index (κ3) is 9.09. The van der Waals surface area contributed by atoms with Crippen LogP contribution in [0.25, 0.3) is 0 Å². The van der Waals surface area contributed by atoms with E-state index in [4.69, 9.17) is 0 Å². The van der Waals surface area contributed by atoms with Gasteiger partial charge in [0, 0.05) is 8.80 Å². The van der Waals surface area contributed by atoms with E-state index in [1.807, 2.05) is 0 Å². The molecule has 0 unspecified atom stereocenters. The molecular weight excluding hydrogens is 489 g/mol. The predicted molar refractivity (Wildman–Crippen MR) is 146 cm³/mol. The van der Waals surface area contributed by atoms with Gasteiger partial charge in [-0.1, -0.05) is 19.6 Å². The molecule has 148 valence electrons. The van der Waals surface area contributed by atoms with Gasteiger partial charge in [0.15, 0.2) is 0 Å². The van der Waals surface area contributed by atoms with Crippen molar-refractivity contribution in [3.8, 4) is 0 Å². The van der Waals surface area contributed by atoms with Crippen molar-refractivity contribution in [1.82, 2.24) is 0 Å².